The Balaban J connectivity index is 2.45. The van der Waals surface area contributed by atoms with Crippen LogP contribution >= 0.6 is 11.8 Å². The van der Waals surface area contributed by atoms with Crippen molar-refractivity contribution in [1.82, 2.24) is 0 Å². The van der Waals surface area contributed by atoms with E-state index in [1.807, 2.05) is 24.5 Å². The molecule has 0 atom stereocenters. The monoisotopic (exact) mass is 295 g/mol. The van der Waals surface area contributed by atoms with Crippen LogP contribution in [0, 0.1) is 0 Å². The molecule has 0 saturated carbocycles. The average molecular weight is 295 g/mol. The first-order valence-electron chi connectivity index (χ1n) is 7.34. The van der Waals surface area contributed by atoms with Gasteiger partial charge in [0.05, 0.1) is 5.56 Å². The van der Waals surface area contributed by atoms with Gasteiger partial charge in [0, 0.05) is 17.1 Å². The summed E-state index contributed by atoms with van der Waals surface area (Å²) in [5.74, 6) is -0.861. The van der Waals surface area contributed by atoms with E-state index in [-0.39, 0.29) is 0 Å². The van der Waals surface area contributed by atoms with Crippen LogP contribution in [0.4, 0.5) is 5.69 Å². The minimum atomic E-state index is -0.861. The van der Waals surface area contributed by atoms with Crippen LogP contribution in [0.1, 0.15) is 55.8 Å². The highest BCUT2D eigenvalue weighted by molar-refractivity contribution is 7.98. The predicted molar refractivity (Wildman–Crippen MR) is 87.0 cm³/mol. The third-order valence-corrected chi connectivity index (χ3v) is 4.09. The van der Waals surface area contributed by atoms with Crippen molar-refractivity contribution < 1.29 is 9.90 Å². The zero-order valence-electron chi connectivity index (χ0n) is 12.4. The van der Waals surface area contributed by atoms with Crippen LogP contribution in [0.5, 0.6) is 0 Å². The van der Waals surface area contributed by atoms with Gasteiger partial charge in [-0.05, 0) is 24.8 Å². The van der Waals surface area contributed by atoms with Crippen LogP contribution in [0.2, 0.25) is 0 Å². The fraction of sp³-hybridized carbons (Fsp3) is 0.562. The second kappa shape index (κ2) is 9.70. The topological polar surface area (TPSA) is 49.3 Å². The fourth-order valence-corrected chi connectivity index (χ4v) is 2.81. The maximum Gasteiger partial charge on any atom is 0.338 e. The van der Waals surface area contributed by atoms with Gasteiger partial charge in [0.2, 0.25) is 0 Å². The van der Waals surface area contributed by atoms with Gasteiger partial charge in [-0.2, -0.15) is 0 Å². The smallest absolute Gasteiger partial charge is 0.338 e. The quantitative estimate of drug-likeness (QED) is 0.477. The SMILES string of the molecule is CCCCCCCCNc1cccc(SC)c1C(=O)O. The average Bonchev–Trinajstić information content (AvgIpc) is 2.45. The van der Waals surface area contributed by atoms with Crippen molar-refractivity contribution in [3.8, 4) is 0 Å². The molecule has 112 valence electrons. The number of nitrogens with one attached hydrogen (secondary N) is 1. The number of carboxylic acids is 1. The van der Waals surface area contributed by atoms with Crippen molar-refractivity contribution in [1.29, 1.82) is 0 Å². The third kappa shape index (κ3) is 5.45. The summed E-state index contributed by atoms with van der Waals surface area (Å²) in [6.45, 7) is 3.05. The van der Waals surface area contributed by atoms with E-state index in [1.54, 1.807) is 0 Å². The van der Waals surface area contributed by atoms with Gasteiger partial charge in [0.1, 0.15) is 0 Å². The van der Waals surface area contributed by atoms with E-state index >= 15 is 0 Å². The van der Waals surface area contributed by atoms with Crippen molar-refractivity contribution in [2.75, 3.05) is 18.1 Å². The zero-order valence-corrected chi connectivity index (χ0v) is 13.3. The Morgan fingerprint density at radius 2 is 1.90 bits per heavy atom. The van der Waals surface area contributed by atoms with Crippen LogP contribution in [0.25, 0.3) is 0 Å². The van der Waals surface area contributed by atoms with Gasteiger partial charge in [-0.15, -0.1) is 11.8 Å². The lowest BCUT2D eigenvalue weighted by molar-refractivity contribution is 0.0694. The summed E-state index contributed by atoms with van der Waals surface area (Å²) in [6, 6.07) is 5.60. The van der Waals surface area contributed by atoms with E-state index in [0.29, 0.717) is 5.56 Å². The van der Waals surface area contributed by atoms with Crippen LogP contribution < -0.4 is 5.32 Å². The molecule has 0 aliphatic carbocycles. The molecule has 0 unspecified atom stereocenters. The molecule has 1 aromatic rings. The Bertz CT molecular complexity index is 421. The third-order valence-electron chi connectivity index (χ3n) is 3.31. The van der Waals surface area contributed by atoms with Gasteiger partial charge in [0.25, 0.3) is 0 Å². The van der Waals surface area contributed by atoms with Crippen LogP contribution in [-0.4, -0.2) is 23.9 Å². The van der Waals surface area contributed by atoms with Gasteiger partial charge in [-0.3, -0.25) is 0 Å². The van der Waals surface area contributed by atoms with Crippen molar-refractivity contribution in [2.24, 2.45) is 0 Å². The molecule has 0 heterocycles. The molecule has 0 aliphatic heterocycles. The highest BCUT2D eigenvalue weighted by Crippen LogP contribution is 2.27. The number of carbonyl (C=O) groups is 1. The fourth-order valence-electron chi connectivity index (χ4n) is 2.20. The summed E-state index contributed by atoms with van der Waals surface area (Å²) < 4.78 is 0. The molecule has 20 heavy (non-hydrogen) atoms. The number of hydrogen-bond acceptors (Lipinski definition) is 3. The molecule has 2 N–H and O–H groups in total. The Labute approximate surface area is 126 Å². The zero-order chi connectivity index (χ0) is 14.8. The molecular weight excluding hydrogens is 270 g/mol. The molecule has 0 amide bonds. The molecule has 0 radical (unpaired) electrons. The normalized spacial score (nSPS) is 10.5. The van der Waals surface area contributed by atoms with Crippen molar-refractivity contribution in [2.45, 2.75) is 50.3 Å². The molecule has 0 spiro atoms. The molecule has 4 heteroatoms. The maximum absolute atomic E-state index is 11.4. The lowest BCUT2D eigenvalue weighted by atomic mass is 10.1. The number of rotatable bonds is 10. The lowest BCUT2D eigenvalue weighted by Crippen LogP contribution is -2.08. The minimum absolute atomic E-state index is 0.394. The number of anilines is 1. The van der Waals surface area contributed by atoms with Crippen LogP contribution in [-0.2, 0) is 0 Å². The second-order valence-corrected chi connectivity index (χ2v) is 5.73. The van der Waals surface area contributed by atoms with E-state index in [1.165, 1.54) is 43.9 Å². The molecule has 1 aromatic carbocycles. The summed E-state index contributed by atoms with van der Waals surface area (Å²) in [5.41, 5.74) is 1.13. The Morgan fingerprint density at radius 1 is 1.20 bits per heavy atom. The molecule has 0 bridgehead atoms. The largest absolute Gasteiger partial charge is 0.478 e. The van der Waals surface area contributed by atoms with Gasteiger partial charge < -0.3 is 10.4 Å². The van der Waals surface area contributed by atoms with Gasteiger partial charge in [-0.1, -0.05) is 45.1 Å². The lowest BCUT2D eigenvalue weighted by Gasteiger charge is -2.12. The number of thioether (sulfide) groups is 1. The second-order valence-electron chi connectivity index (χ2n) is 4.88. The number of hydrogen-bond donors (Lipinski definition) is 2. The highest BCUT2D eigenvalue weighted by atomic mass is 32.2. The van der Waals surface area contributed by atoms with Gasteiger partial charge in [0.15, 0.2) is 0 Å². The molecule has 3 nitrogen and oxygen atoms in total. The molecule has 1 rings (SSSR count). The Kier molecular flexibility index (Phi) is 8.19. The predicted octanol–water partition coefficient (Wildman–Crippen LogP) is 4.88. The summed E-state index contributed by atoms with van der Waals surface area (Å²) >= 11 is 1.47. The molecule has 0 aromatic heterocycles. The number of unbranched alkanes of at least 4 members (excludes halogenated alkanes) is 5. The summed E-state index contributed by atoms with van der Waals surface area (Å²) in [7, 11) is 0. The van der Waals surface area contributed by atoms with Crippen LogP contribution in [0.15, 0.2) is 23.1 Å². The van der Waals surface area contributed by atoms with E-state index < -0.39 is 5.97 Å². The first-order valence-corrected chi connectivity index (χ1v) is 8.57. The highest BCUT2D eigenvalue weighted by Gasteiger charge is 2.14. The summed E-state index contributed by atoms with van der Waals surface area (Å²) in [6.07, 6.45) is 9.35. The van der Waals surface area contributed by atoms with Crippen LogP contribution in [0.3, 0.4) is 0 Å². The first-order chi connectivity index (χ1) is 9.70. The number of benzene rings is 1. The maximum atomic E-state index is 11.4. The standard InChI is InChI=1S/C16H25NO2S/c1-3-4-5-6-7-8-12-17-13-10-9-11-14(20-2)15(13)16(18)19/h9-11,17H,3-8,12H2,1-2H3,(H,18,19). The van der Waals surface area contributed by atoms with Gasteiger partial charge >= 0.3 is 5.97 Å². The van der Waals surface area contributed by atoms with Crippen molar-refractivity contribution >= 4 is 23.4 Å². The molecule has 0 saturated heterocycles. The number of carboxylic acid groups (broad SMARTS) is 1. The first kappa shape index (κ1) is 16.9. The van der Waals surface area contributed by atoms with Gasteiger partial charge in [-0.25, -0.2) is 4.79 Å². The number of aromatic carboxylic acids is 1. The summed E-state index contributed by atoms with van der Waals surface area (Å²) in [4.78, 5) is 12.2. The van der Waals surface area contributed by atoms with E-state index in [0.717, 1.165) is 23.5 Å². The van der Waals surface area contributed by atoms with Crippen molar-refractivity contribution in [3.63, 3.8) is 0 Å². The molecular formula is C16H25NO2S. The summed E-state index contributed by atoms with van der Waals surface area (Å²) in [5, 5.41) is 12.6. The van der Waals surface area contributed by atoms with E-state index in [2.05, 4.69) is 12.2 Å². The minimum Gasteiger partial charge on any atom is -0.478 e. The molecule has 0 aliphatic rings. The van der Waals surface area contributed by atoms with E-state index in [4.69, 9.17) is 0 Å². The van der Waals surface area contributed by atoms with E-state index in [9.17, 15) is 9.90 Å². The Morgan fingerprint density at radius 3 is 2.55 bits per heavy atom. The Hall–Kier alpha value is -1.16. The molecule has 0 fully saturated rings. The van der Waals surface area contributed by atoms with Crippen molar-refractivity contribution in [3.05, 3.63) is 23.8 Å².